The average Bonchev–Trinajstić information content (AvgIpc) is 2.30. The van der Waals surface area contributed by atoms with Crippen LogP contribution in [0.3, 0.4) is 0 Å². The Labute approximate surface area is 102 Å². The summed E-state index contributed by atoms with van der Waals surface area (Å²) in [5.74, 6) is -0.433. The lowest BCUT2D eigenvalue weighted by Crippen LogP contribution is -2.52. The molecule has 0 aromatic heterocycles. The van der Waals surface area contributed by atoms with Crippen LogP contribution in [-0.4, -0.2) is 38.4 Å². The number of benzene rings is 1. The van der Waals surface area contributed by atoms with Crippen molar-refractivity contribution in [2.24, 2.45) is 0 Å². The molecule has 1 heterocycles. The second-order valence-corrected chi connectivity index (χ2v) is 6.01. The molecule has 0 bridgehead atoms. The molecule has 0 unspecified atom stereocenters. The summed E-state index contributed by atoms with van der Waals surface area (Å²) in [6, 6.07) is 4.86. The topological polar surface area (TPSA) is 49.4 Å². The largest absolute Gasteiger partial charge is 0.314 e. The summed E-state index contributed by atoms with van der Waals surface area (Å²) in [4.78, 5) is 0.146. The molecule has 1 aliphatic heterocycles. The van der Waals surface area contributed by atoms with E-state index in [1.54, 1.807) is 0 Å². The lowest BCUT2D eigenvalue weighted by atomic mass is 10.3. The lowest BCUT2D eigenvalue weighted by Gasteiger charge is -2.32. The first-order chi connectivity index (χ1) is 8.01. The van der Waals surface area contributed by atoms with Gasteiger partial charge in [-0.25, -0.2) is 12.8 Å². The zero-order valence-corrected chi connectivity index (χ0v) is 10.4. The lowest BCUT2D eigenvalue weighted by molar-refractivity contribution is 0.284. The van der Waals surface area contributed by atoms with E-state index in [1.165, 1.54) is 28.6 Å². The van der Waals surface area contributed by atoms with Gasteiger partial charge in [0.05, 0.1) is 4.90 Å². The Kier molecular flexibility index (Phi) is 3.46. The van der Waals surface area contributed by atoms with Gasteiger partial charge >= 0.3 is 0 Å². The molecule has 6 heteroatoms. The van der Waals surface area contributed by atoms with Gasteiger partial charge in [-0.3, -0.25) is 0 Å². The zero-order chi connectivity index (χ0) is 12.5. The van der Waals surface area contributed by atoms with Gasteiger partial charge in [-0.2, -0.15) is 4.31 Å². The van der Waals surface area contributed by atoms with E-state index in [0.717, 1.165) is 0 Å². The van der Waals surface area contributed by atoms with Crippen LogP contribution in [0, 0.1) is 5.82 Å². The van der Waals surface area contributed by atoms with Crippen LogP contribution < -0.4 is 5.32 Å². The number of rotatable bonds is 2. The monoisotopic (exact) mass is 260 g/mol. The van der Waals surface area contributed by atoms with Crippen LogP contribution in [-0.2, 0) is 10.0 Å². The molecule has 4 nitrogen and oxygen atoms in total. The fraction of sp³-hybridized carbons (Fsp3) is 0.455. The van der Waals surface area contributed by atoms with Crippen molar-refractivity contribution in [1.82, 2.24) is 9.62 Å². The highest BCUT2D eigenvalue weighted by Crippen LogP contribution is 2.19. The summed E-state index contributed by atoms with van der Waals surface area (Å²) in [6.07, 6.45) is 0. The highest BCUT2D eigenvalue weighted by Gasteiger charge is 2.30. The minimum atomic E-state index is -3.50. The van der Waals surface area contributed by atoms with E-state index in [1.807, 2.05) is 6.92 Å². The van der Waals surface area contributed by atoms with Gasteiger partial charge in [0.2, 0.25) is 10.0 Å². The van der Waals surface area contributed by atoms with Crippen molar-refractivity contribution in [2.45, 2.75) is 17.9 Å². The molecule has 96 valence electrons. The molecular weight excluding hydrogens is 243 g/mol. The zero-order valence-electron chi connectivity index (χ0n) is 9.56. The fourth-order valence-electron chi connectivity index (χ4n) is 1.92. The maximum Gasteiger partial charge on any atom is 0.243 e. The minimum absolute atomic E-state index is 0. The van der Waals surface area contributed by atoms with Crippen LogP contribution in [0.25, 0.3) is 0 Å². The van der Waals surface area contributed by atoms with E-state index < -0.39 is 15.8 Å². The first-order valence-electron chi connectivity index (χ1n) is 5.50. The van der Waals surface area contributed by atoms with E-state index in [0.29, 0.717) is 19.6 Å². The van der Waals surface area contributed by atoms with Crippen LogP contribution in [0.2, 0.25) is 0 Å². The van der Waals surface area contributed by atoms with Gasteiger partial charge in [-0.15, -0.1) is 0 Å². The summed E-state index contributed by atoms with van der Waals surface area (Å²) >= 11 is 0. The van der Waals surface area contributed by atoms with Crippen molar-refractivity contribution >= 4 is 10.0 Å². The molecule has 1 aliphatic rings. The number of halogens is 1. The number of piperazine rings is 1. The van der Waals surface area contributed by atoms with Crippen molar-refractivity contribution in [2.75, 3.05) is 19.6 Å². The summed E-state index contributed by atoms with van der Waals surface area (Å²) in [6.45, 7) is 3.58. The summed E-state index contributed by atoms with van der Waals surface area (Å²) in [5.41, 5.74) is 0. The SMILES string of the molecule is C[C@H]1CNCCN1S(=O)(=O)c1ccc(F)cc1.[HH]. The van der Waals surface area contributed by atoms with E-state index in [9.17, 15) is 12.8 Å². The van der Waals surface area contributed by atoms with Crippen molar-refractivity contribution in [3.8, 4) is 0 Å². The Hall–Kier alpha value is -0.980. The van der Waals surface area contributed by atoms with Crippen molar-refractivity contribution < 1.29 is 14.2 Å². The second-order valence-electron chi connectivity index (χ2n) is 4.12. The smallest absolute Gasteiger partial charge is 0.243 e. The number of hydrogen-bond donors (Lipinski definition) is 1. The Morgan fingerprint density at radius 1 is 1.41 bits per heavy atom. The second kappa shape index (κ2) is 4.72. The molecule has 1 atom stereocenters. The molecule has 1 fully saturated rings. The molecule has 1 aromatic rings. The van der Waals surface area contributed by atoms with Crippen LogP contribution in [0.15, 0.2) is 29.2 Å². The molecule has 0 spiro atoms. The Balaban J connectivity index is 0.00000162. The predicted octanol–water partition coefficient (Wildman–Crippen LogP) is 1.05. The normalized spacial score (nSPS) is 22.6. The van der Waals surface area contributed by atoms with Gasteiger partial charge in [0.1, 0.15) is 5.82 Å². The Morgan fingerprint density at radius 2 is 2.06 bits per heavy atom. The van der Waals surface area contributed by atoms with E-state index in [4.69, 9.17) is 0 Å². The van der Waals surface area contributed by atoms with Gasteiger partial charge in [0.25, 0.3) is 0 Å². The molecule has 0 aliphatic carbocycles. The van der Waals surface area contributed by atoms with Crippen molar-refractivity contribution in [3.63, 3.8) is 0 Å². The van der Waals surface area contributed by atoms with Crippen LogP contribution in [0.5, 0.6) is 0 Å². The number of sulfonamides is 1. The van der Waals surface area contributed by atoms with Crippen molar-refractivity contribution in [3.05, 3.63) is 30.1 Å². The number of nitrogens with one attached hydrogen (secondary N) is 1. The van der Waals surface area contributed by atoms with Gasteiger partial charge in [-0.05, 0) is 31.2 Å². The summed E-state index contributed by atoms with van der Waals surface area (Å²) in [7, 11) is -3.50. The van der Waals surface area contributed by atoms with Crippen molar-refractivity contribution in [1.29, 1.82) is 0 Å². The maximum atomic E-state index is 12.8. The van der Waals surface area contributed by atoms with Crippen LogP contribution in [0.1, 0.15) is 8.35 Å². The molecule has 1 saturated heterocycles. The van der Waals surface area contributed by atoms with E-state index >= 15 is 0 Å². The van der Waals surface area contributed by atoms with Gasteiger partial charge in [-0.1, -0.05) is 0 Å². The summed E-state index contributed by atoms with van der Waals surface area (Å²) < 4.78 is 38.8. The number of nitrogens with zero attached hydrogens (tertiary/aromatic N) is 1. The third-order valence-electron chi connectivity index (χ3n) is 2.86. The highest BCUT2D eigenvalue weighted by atomic mass is 32.2. The maximum absolute atomic E-state index is 12.8. The Morgan fingerprint density at radius 3 is 2.65 bits per heavy atom. The highest BCUT2D eigenvalue weighted by molar-refractivity contribution is 7.89. The molecule has 0 radical (unpaired) electrons. The molecule has 0 amide bonds. The molecular formula is C11H17FN2O2S. The first kappa shape index (κ1) is 12.5. The first-order valence-corrected chi connectivity index (χ1v) is 6.94. The van der Waals surface area contributed by atoms with E-state index in [-0.39, 0.29) is 12.4 Å². The molecule has 1 N–H and O–H groups in total. The van der Waals surface area contributed by atoms with E-state index in [2.05, 4.69) is 5.32 Å². The van der Waals surface area contributed by atoms with Crippen LogP contribution >= 0.6 is 0 Å². The standard InChI is InChI=1S/C11H15FN2O2S.H2/c1-9-8-13-6-7-14(9)17(15,16)11-4-2-10(12)3-5-11;/h2-5,9,13H,6-8H2,1H3;1H/t9-;/m0./s1. The average molecular weight is 260 g/mol. The van der Waals surface area contributed by atoms with Gasteiger partial charge in [0.15, 0.2) is 0 Å². The molecule has 0 saturated carbocycles. The third-order valence-corrected chi connectivity index (χ3v) is 4.89. The predicted molar refractivity (Wildman–Crippen MR) is 64.7 cm³/mol. The van der Waals surface area contributed by atoms with Gasteiger partial charge in [0, 0.05) is 27.1 Å². The summed E-state index contributed by atoms with van der Waals surface area (Å²) in [5, 5.41) is 3.13. The fourth-order valence-corrected chi connectivity index (χ4v) is 3.55. The quantitative estimate of drug-likeness (QED) is 0.865. The van der Waals surface area contributed by atoms with Gasteiger partial charge < -0.3 is 5.32 Å². The molecule has 17 heavy (non-hydrogen) atoms. The number of hydrogen-bond acceptors (Lipinski definition) is 3. The molecule has 2 rings (SSSR count). The minimum Gasteiger partial charge on any atom is -0.314 e. The Bertz CT molecular complexity index is 492. The molecule has 1 aromatic carbocycles. The van der Waals surface area contributed by atoms with Crippen LogP contribution in [0.4, 0.5) is 4.39 Å². The third kappa shape index (κ3) is 2.48.